The fourth-order valence-corrected chi connectivity index (χ4v) is 1.47. The van der Waals surface area contributed by atoms with E-state index < -0.39 is 0 Å². The summed E-state index contributed by atoms with van der Waals surface area (Å²) in [5.74, 6) is 1.30. The number of ether oxygens (including phenoxy) is 2. The van der Waals surface area contributed by atoms with Gasteiger partial charge in [0.05, 0.1) is 19.2 Å². The Morgan fingerprint density at radius 3 is 2.21 bits per heavy atom. The molecule has 0 aliphatic heterocycles. The van der Waals surface area contributed by atoms with Crippen molar-refractivity contribution in [2.75, 3.05) is 14.2 Å². The highest BCUT2D eigenvalue weighted by atomic mass is 35.5. The molecule has 2 N–H and O–H groups in total. The van der Waals surface area contributed by atoms with Crippen molar-refractivity contribution in [1.82, 2.24) is 0 Å². The number of halogens is 1. The number of methoxy groups -OCH3 is 2. The van der Waals surface area contributed by atoms with E-state index in [0.717, 1.165) is 5.56 Å². The molecule has 4 heteroatoms. The summed E-state index contributed by atoms with van der Waals surface area (Å²) in [5.41, 5.74) is 6.67. The fraction of sp³-hybridized carbons (Fsp3) is 0.400. The van der Waals surface area contributed by atoms with E-state index in [1.165, 1.54) is 0 Å². The lowest BCUT2D eigenvalue weighted by Crippen LogP contribution is -2.07. The zero-order valence-electron chi connectivity index (χ0n) is 8.50. The van der Waals surface area contributed by atoms with Gasteiger partial charge in [-0.1, -0.05) is 11.6 Å². The van der Waals surface area contributed by atoms with Crippen LogP contribution in [0.5, 0.6) is 11.5 Å². The second kappa shape index (κ2) is 4.53. The number of hydrogen-bond donors (Lipinski definition) is 1. The second-order valence-corrected chi connectivity index (χ2v) is 3.42. The summed E-state index contributed by atoms with van der Waals surface area (Å²) in [5, 5.41) is 0.522. The molecule has 0 bridgehead atoms. The van der Waals surface area contributed by atoms with Crippen LogP contribution in [0, 0.1) is 0 Å². The molecule has 0 saturated carbocycles. The van der Waals surface area contributed by atoms with E-state index in [9.17, 15) is 0 Å². The molecule has 0 amide bonds. The van der Waals surface area contributed by atoms with Gasteiger partial charge in [0.25, 0.3) is 0 Å². The molecule has 1 rings (SSSR count). The van der Waals surface area contributed by atoms with E-state index in [0.29, 0.717) is 16.5 Å². The molecule has 1 aromatic carbocycles. The van der Waals surface area contributed by atoms with Crippen LogP contribution in [0.15, 0.2) is 12.1 Å². The van der Waals surface area contributed by atoms with Gasteiger partial charge in [-0.2, -0.15) is 0 Å². The average Bonchev–Trinajstić information content (AvgIpc) is 2.16. The highest BCUT2D eigenvalue weighted by Crippen LogP contribution is 2.34. The molecule has 1 aromatic rings. The first-order chi connectivity index (χ1) is 6.60. The Labute approximate surface area is 88.8 Å². The normalized spacial score (nSPS) is 12.4. The maximum absolute atomic E-state index is 5.94. The van der Waals surface area contributed by atoms with E-state index in [4.69, 9.17) is 26.8 Å². The Balaban J connectivity index is 3.25. The van der Waals surface area contributed by atoms with Crippen LogP contribution >= 0.6 is 11.6 Å². The van der Waals surface area contributed by atoms with E-state index in [1.54, 1.807) is 26.4 Å². The maximum Gasteiger partial charge on any atom is 0.138 e. The molecule has 0 aliphatic carbocycles. The number of hydrogen-bond acceptors (Lipinski definition) is 3. The lowest BCUT2D eigenvalue weighted by Gasteiger charge is -2.14. The van der Waals surface area contributed by atoms with Crippen molar-refractivity contribution in [3.05, 3.63) is 22.7 Å². The predicted molar refractivity (Wildman–Crippen MR) is 57.2 cm³/mol. The fourth-order valence-electron chi connectivity index (χ4n) is 1.24. The molecular weight excluding hydrogens is 202 g/mol. The highest BCUT2D eigenvalue weighted by Gasteiger charge is 2.12. The van der Waals surface area contributed by atoms with Crippen molar-refractivity contribution < 1.29 is 9.47 Å². The van der Waals surface area contributed by atoms with Gasteiger partial charge < -0.3 is 15.2 Å². The molecule has 78 valence electrons. The quantitative estimate of drug-likeness (QED) is 0.842. The lowest BCUT2D eigenvalue weighted by atomic mass is 10.1. The van der Waals surface area contributed by atoms with Gasteiger partial charge in [0, 0.05) is 17.7 Å². The largest absolute Gasteiger partial charge is 0.496 e. The Morgan fingerprint density at radius 1 is 1.21 bits per heavy atom. The van der Waals surface area contributed by atoms with Gasteiger partial charge in [-0.25, -0.2) is 0 Å². The summed E-state index contributed by atoms with van der Waals surface area (Å²) in [6.07, 6.45) is 0. The minimum absolute atomic E-state index is 0.115. The second-order valence-electron chi connectivity index (χ2n) is 3.02. The van der Waals surface area contributed by atoms with Crippen molar-refractivity contribution in [3.63, 3.8) is 0 Å². The van der Waals surface area contributed by atoms with Crippen LogP contribution in [-0.2, 0) is 0 Å². The van der Waals surface area contributed by atoms with E-state index >= 15 is 0 Å². The maximum atomic E-state index is 5.94. The van der Waals surface area contributed by atoms with Crippen molar-refractivity contribution in [3.8, 4) is 11.5 Å². The third-order valence-electron chi connectivity index (χ3n) is 1.99. The van der Waals surface area contributed by atoms with Gasteiger partial charge in [-0.15, -0.1) is 0 Å². The molecule has 3 nitrogen and oxygen atoms in total. The minimum atomic E-state index is -0.115. The molecule has 0 fully saturated rings. The SMILES string of the molecule is COc1cc([C@@H](C)N)c(OC)cc1Cl. The molecule has 14 heavy (non-hydrogen) atoms. The zero-order valence-corrected chi connectivity index (χ0v) is 9.26. The number of benzene rings is 1. The van der Waals surface area contributed by atoms with Crippen molar-refractivity contribution in [1.29, 1.82) is 0 Å². The van der Waals surface area contributed by atoms with Crippen LogP contribution in [0.2, 0.25) is 5.02 Å². The van der Waals surface area contributed by atoms with E-state index in [2.05, 4.69) is 0 Å². The van der Waals surface area contributed by atoms with Crippen LogP contribution in [0.4, 0.5) is 0 Å². The third-order valence-corrected chi connectivity index (χ3v) is 2.29. The van der Waals surface area contributed by atoms with Crippen LogP contribution in [-0.4, -0.2) is 14.2 Å². The summed E-state index contributed by atoms with van der Waals surface area (Å²) >= 11 is 5.94. The molecule has 0 saturated heterocycles. The van der Waals surface area contributed by atoms with Gasteiger partial charge in [0.2, 0.25) is 0 Å². The molecule has 0 heterocycles. The van der Waals surface area contributed by atoms with E-state index in [1.807, 2.05) is 6.92 Å². The first-order valence-corrected chi connectivity index (χ1v) is 4.65. The van der Waals surface area contributed by atoms with Gasteiger partial charge in [-0.05, 0) is 13.0 Å². The smallest absolute Gasteiger partial charge is 0.138 e. The zero-order chi connectivity index (χ0) is 10.7. The summed E-state index contributed by atoms with van der Waals surface area (Å²) in [4.78, 5) is 0. The van der Waals surface area contributed by atoms with Gasteiger partial charge in [-0.3, -0.25) is 0 Å². The Kier molecular flexibility index (Phi) is 3.61. The van der Waals surface area contributed by atoms with Gasteiger partial charge in [0.1, 0.15) is 11.5 Å². The summed E-state index contributed by atoms with van der Waals surface area (Å²) in [6, 6.07) is 3.39. The Bertz CT molecular complexity index is 326. The average molecular weight is 216 g/mol. The van der Waals surface area contributed by atoms with E-state index in [-0.39, 0.29) is 6.04 Å². The molecule has 0 aromatic heterocycles. The summed E-state index contributed by atoms with van der Waals surface area (Å²) < 4.78 is 10.3. The molecule has 0 unspecified atom stereocenters. The first kappa shape index (κ1) is 11.1. The summed E-state index contributed by atoms with van der Waals surface area (Å²) in [6.45, 7) is 1.88. The lowest BCUT2D eigenvalue weighted by molar-refractivity contribution is 0.396. The number of rotatable bonds is 3. The molecule has 1 atom stereocenters. The molecule has 0 aliphatic rings. The summed E-state index contributed by atoms with van der Waals surface area (Å²) in [7, 11) is 3.16. The standard InChI is InChI=1S/C10H14ClNO2/c1-6(12)7-4-10(14-3)8(11)5-9(7)13-2/h4-6H,12H2,1-3H3/t6-/m1/s1. The van der Waals surface area contributed by atoms with Crippen LogP contribution in [0.1, 0.15) is 18.5 Å². The molecule has 0 radical (unpaired) electrons. The molecular formula is C10H14ClNO2. The molecule has 0 spiro atoms. The van der Waals surface area contributed by atoms with Crippen LogP contribution in [0.3, 0.4) is 0 Å². The van der Waals surface area contributed by atoms with Crippen molar-refractivity contribution in [2.45, 2.75) is 13.0 Å². The van der Waals surface area contributed by atoms with Crippen LogP contribution < -0.4 is 15.2 Å². The van der Waals surface area contributed by atoms with Crippen molar-refractivity contribution >= 4 is 11.6 Å². The predicted octanol–water partition coefficient (Wildman–Crippen LogP) is 2.38. The highest BCUT2D eigenvalue weighted by molar-refractivity contribution is 6.32. The van der Waals surface area contributed by atoms with Crippen molar-refractivity contribution in [2.24, 2.45) is 5.73 Å². The monoisotopic (exact) mass is 215 g/mol. The Hall–Kier alpha value is -0.930. The van der Waals surface area contributed by atoms with Gasteiger partial charge in [0.15, 0.2) is 0 Å². The van der Waals surface area contributed by atoms with Gasteiger partial charge >= 0.3 is 0 Å². The third kappa shape index (κ3) is 2.11. The van der Waals surface area contributed by atoms with Crippen LogP contribution in [0.25, 0.3) is 0 Å². The number of nitrogens with two attached hydrogens (primary N) is 1. The minimum Gasteiger partial charge on any atom is -0.496 e. The Morgan fingerprint density at radius 2 is 1.79 bits per heavy atom. The first-order valence-electron chi connectivity index (χ1n) is 4.27. The topological polar surface area (TPSA) is 44.5 Å².